The number of benzene rings is 2. The maximum absolute atomic E-state index is 5.53. The van der Waals surface area contributed by atoms with E-state index in [1.807, 2.05) is 36.4 Å². The molecule has 4 N–H and O–H groups in total. The van der Waals surface area contributed by atoms with E-state index in [0.29, 0.717) is 13.2 Å². The summed E-state index contributed by atoms with van der Waals surface area (Å²) in [5.74, 6) is 0. The molecule has 0 aliphatic carbocycles. The number of para-hydroxylation sites is 1. The second kappa shape index (κ2) is 6.48. The normalized spacial score (nSPS) is 13.2. The molecule has 126 valence electrons. The lowest BCUT2D eigenvalue weighted by Gasteiger charge is -2.09. The number of aromatic amines is 1. The lowest BCUT2D eigenvalue weighted by molar-refractivity contribution is 0.203. The summed E-state index contributed by atoms with van der Waals surface area (Å²) in [6.45, 7) is 5.00. The molecule has 0 unspecified atom stereocenters. The van der Waals surface area contributed by atoms with Crippen LogP contribution in [0.1, 0.15) is 5.69 Å². The predicted octanol–water partition coefficient (Wildman–Crippen LogP) is 2.58. The Kier molecular flexibility index (Phi) is 4.17. The number of H-pyrrole nitrogens is 1. The summed E-state index contributed by atoms with van der Waals surface area (Å²) in [6.07, 6.45) is 0. The van der Waals surface area contributed by atoms with Crippen LogP contribution in [0.25, 0.3) is 16.5 Å². The molecule has 4 rings (SSSR count). The number of allylic oxidation sites excluding steroid dienone is 1. The minimum absolute atomic E-state index is 0.418. The molecule has 0 saturated heterocycles. The van der Waals surface area contributed by atoms with Gasteiger partial charge in [-0.3, -0.25) is 10.3 Å². The van der Waals surface area contributed by atoms with Gasteiger partial charge >= 0.3 is 0 Å². The van der Waals surface area contributed by atoms with Gasteiger partial charge in [-0.05, 0) is 24.3 Å². The highest BCUT2D eigenvalue weighted by atomic mass is 79.9. The fourth-order valence-corrected chi connectivity index (χ4v) is 3.42. The van der Waals surface area contributed by atoms with E-state index in [1.54, 1.807) is 0 Å². The summed E-state index contributed by atoms with van der Waals surface area (Å²) >= 11 is 3.54. The minimum atomic E-state index is 0.418. The summed E-state index contributed by atoms with van der Waals surface area (Å²) in [5, 5.41) is 2.99. The second-order valence-electron chi connectivity index (χ2n) is 5.75. The second-order valence-corrected chi connectivity index (χ2v) is 6.67. The highest BCUT2D eigenvalue weighted by Crippen LogP contribution is 2.34. The van der Waals surface area contributed by atoms with E-state index in [0.717, 1.165) is 48.6 Å². The third-order valence-electron chi connectivity index (χ3n) is 4.12. The average Bonchev–Trinajstić information content (AvgIpc) is 3.11. The molecule has 0 fully saturated rings. The molecule has 0 bridgehead atoms. The molecule has 1 aromatic heterocycles. The van der Waals surface area contributed by atoms with Crippen LogP contribution in [0.3, 0.4) is 0 Å². The molecule has 1 aliphatic heterocycles. The van der Waals surface area contributed by atoms with Crippen molar-refractivity contribution in [3.8, 4) is 0 Å². The Bertz CT molecular complexity index is 1100. The zero-order valence-corrected chi connectivity index (χ0v) is 15.1. The first kappa shape index (κ1) is 16.1. The molecule has 1 aliphatic rings. The van der Waals surface area contributed by atoms with Gasteiger partial charge in [0.1, 0.15) is 0 Å². The highest BCUT2D eigenvalue weighted by molar-refractivity contribution is 9.10. The number of halogens is 1. The van der Waals surface area contributed by atoms with E-state index in [1.165, 1.54) is 0 Å². The van der Waals surface area contributed by atoms with Crippen molar-refractivity contribution < 1.29 is 4.84 Å². The Morgan fingerprint density at radius 1 is 1.24 bits per heavy atom. The maximum Gasteiger partial charge on any atom is 0.0939 e. The number of anilines is 1. The predicted molar refractivity (Wildman–Crippen MR) is 104 cm³/mol. The highest BCUT2D eigenvalue weighted by Gasteiger charge is 2.21. The Morgan fingerprint density at radius 2 is 2.08 bits per heavy atom. The van der Waals surface area contributed by atoms with Gasteiger partial charge in [-0.2, -0.15) is 0 Å². The smallest absolute Gasteiger partial charge is 0.0939 e. The van der Waals surface area contributed by atoms with Crippen LogP contribution < -0.4 is 21.8 Å². The first-order valence-corrected chi connectivity index (χ1v) is 8.75. The molecular weight excluding hydrogens is 380 g/mol. The van der Waals surface area contributed by atoms with Gasteiger partial charge in [0.15, 0.2) is 0 Å². The summed E-state index contributed by atoms with van der Waals surface area (Å²) in [4.78, 5) is 13.6. The third-order valence-corrected chi connectivity index (χ3v) is 4.62. The van der Waals surface area contributed by atoms with Crippen LogP contribution in [-0.4, -0.2) is 18.1 Å². The van der Waals surface area contributed by atoms with Crippen LogP contribution in [0.15, 0.2) is 64.2 Å². The number of hydrogen-bond acceptors (Lipinski definition) is 4. The fourth-order valence-electron chi connectivity index (χ4n) is 3.06. The largest absolute Gasteiger partial charge is 0.353 e. The van der Waals surface area contributed by atoms with E-state index in [9.17, 15) is 0 Å². The summed E-state index contributed by atoms with van der Waals surface area (Å²) in [7, 11) is 0. The van der Waals surface area contributed by atoms with Crippen molar-refractivity contribution >= 4 is 38.1 Å². The van der Waals surface area contributed by atoms with Crippen molar-refractivity contribution in [3.63, 3.8) is 0 Å². The molecule has 0 amide bonds. The van der Waals surface area contributed by atoms with Gasteiger partial charge in [0.25, 0.3) is 0 Å². The molecule has 6 heteroatoms. The van der Waals surface area contributed by atoms with Gasteiger partial charge in [-0.25, -0.2) is 4.99 Å². The first-order valence-electron chi connectivity index (χ1n) is 7.96. The van der Waals surface area contributed by atoms with Crippen LogP contribution in [-0.2, 0) is 4.84 Å². The van der Waals surface area contributed by atoms with Gasteiger partial charge in [-0.1, -0.05) is 40.7 Å². The molecule has 2 heterocycles. The molecule has 0 atom stereocenters. The number of nitrogens with zero attached hydrogens (tertiary/aromatic N) is 1. The van der Waals surface area contributed by atoms with Crippen LogP contribution >= 0.6 is 15.9 Å². The Hall–Kier alpha value is -2.41. The van der Waals surface area contributed by atoms with E-state index >= 15 is 0 Å². The van der Waals surface area contributed by atoms with Crippen LogP contribution in [0, 0.1) is 0 Å². The van der Waals surface area contributed by atoms with Crippen molar-refractivity contribution in [2.24, 2.45) is 10.7 Å². The zero-order chi connectivity index (χ0) is 17.4. The lowest BCUT2D eigenvalue weighted by atomic mass is 10.1. The number of hydrogen-bond donors (Lipinski definition) is 3. The topological polar surface area (TPSA) is 75.4 Å². The molecular formula is C19H17BrN4O. The van der Waals surface area contributed by atoms with Crippen LogP contribution in [0.5, 0.6) is 0 Å². The number of rotatable bonds is 5. The molecule has 2 aromatic carbocycles. The molecule has 3 aromatic rings. The van der Waals surface area contributed by atoms with E-state index in [4.69, 9.17) is 10.6 Å². The Labute approximate surface area is 153 Å². The maximum atomic E-state index is 5.53. The standard InChI is InChI=1S/C19H17BrN4O/c1-11-17(14-10-12(20)6-7-16(14)22-11)19-18(24-25-9-8-21)13-4-2-3-5-15(13)23-19/h2-7,10,23-24H,1,8-9,21H2. The summed E-state index contributed by atoms with van der Waals surface area (Å²) < 4.78 is 0.999. The first-order chi connectivity index (χ1) is 12.2. The van der Waals surface area contributed by atoms with Gasteiger partial charge < -0.3 is 10.7 Å². The molecule has 0 spiro atoms. The SMILES string of the molecule is C=C1N=c2ccc(Br)cc2=C1c1[nH]c2ccccc2c1NOCCN. The quantitative estimate of drug-likeness (QED) is 0.458. The minimum Gasteiger partial charge on any atom is -0.353 e. The molecule has 0 radical (unpaired) electrons. The molecule has 25 heavy (non-hydrogen) atoms. The van der Waals surface area contributed by atoms with Crippen molar-refractivity contribution in [1.82, 2.24) is 4.98 Å². The number of nitrogens with one attached hydrogen (secondary N) is 2. The van der Waals surface area contributed by atoms with Crippen molar-refractivity contribution in [1.29, 1.82) is 0 Å². The molecule has 5 nitrogen and oxygen atoms in total. The lowest BCUT2D eigenvalue weighted by Crippen LogP contribution is -2.23. The average molecular weight is 397 g/mol. The number of nitrogens with two attached hydrogens (primary N) is 1. The Morgan fingerprint density at radius 3 is 2.92 bits per heavy atom. The zero-order valence-electron chi connectivity index (χ0n) is 13.5. The van der Waals surface area contributed by atoms with Gasteiger partial charge in [0.05, 0.1) is 29.0 Å². The van der Waals surface area contributed by atoms with Crippen LogP contribution in [0.2, 0.25) is 0 Å². The van der Waals surface area contributed by atoms with Gasteiger partial charge in [0, 0.05) is 32.7 Å². The third kappa shape index (κ3) is 2.78. The summed E-state index contributed by atoms with van der Waals surface area (Å²) in [5.41, 5.74) is 13.1. The fraction of sp³-hybridized carbons (Fsp3) is 0.105. The van der Waals surface area contributed by atoms with Crippen molar-refractivity contribution in [2.75, 3.05) is 18.6 Å². The summed E-state index contributed by atoms with van der Waals surface area (Å²) in [6, 6.07) is 14.1. The van der Waals surface area contributed by atoms with Gasteiger partial charge in [-0.15, -0.1) is 0 Å². The Balaban J connectivity index is 1.98. The van der Waals surface area contributed by atoms with Gasteiger partial charge in [0.2, 0.25) is 0 Å². The van der Waals surface area contributed by atoms with Crippen LogP contribution in [0.4, 0.5) is 5.69 Å². The van der Waals surface area contributed by atoms with Crippen molar-refractivity contribution in [2.45, 2.75) is 0 Å². The van der Waals surface area contributed by atoms with E-state index in [-0.39, 0.29) is 0 Å². The molecule has 0 saturated carbocycles. The van der Waals surface area contributed by atoms with E-state index in [2.05, 4.69) is 44.0 Å². The van der Waals surface area contributed by atoms with Crippen molar-refractivity contribution in [3.05, 3.63) is 75.5 Å². The van der Waals surface area contributed by atoms with E-state index < -0.39 is 0 Å². The number of aromatic nitrogens is 1. The monoisotopic (exact) mass is 396 g/mol. The number of fused-ring (bicyclic) bond motifs is 2.